The number of rotatable bonds is 4. The van der Waals surface area contributed by atoms with Gasteiger partial charge in [-0.05, 0) is 17.7 Å². The van der Waals surface area contributed by atoms with Crippen LogP contribution >= 0.6 is 23.2 Å². The van der Waals surface area contributed by atoms with Crippen LogP contribution in [0.4, 0.5) is 10.5 Å². The van der Waals surface area contributed by atoms with Crippen molar-refractivity contribution in [1.82, 2.24) is 5.32 Å². The number of hydrogen-bond acceptors (Lipinski definition) is 3. The molecule has 23 heavy (non-hydrogen) atoms. The molecule has 0 aromatic heterocycles. The lowest BCUT2D eigenvalue weighted by molar-refractivity contribution is -0.143. The maximum absolute atomic E-state index is 12.1. The van der Waals surface area contributed by atoms with Crippen molar-refractivity contribution in [1.29, 1.82) is 0 Å². The van der Waals surface area contributed by atoms with Gasteiger partial charge in [-0.3, -0.25) is 0 Å². The highest BCUT2D eigenvalue weighted by Crippen LogP contribution is 2.29. The molecule has 2 amide bonds. The zero-order chi connectivity index (χ0) is 16.8. The molecule has 2 rings (SSSR count). The van der Waals surface area contributed by atoms with Crippen LogP contribution < -0.4 is 10.6 Å². The average Bonchev–Trinajstić information content (AvgIpc) is 2.57. The molecule has 0 radical (unpaired) electrons. The Morgan fingerprint density at radius 2 is 1.74 bits per heavy atom. The quantitative estimate of drug-likeness (QED) is 0.816. The van der Waals surface area contributed by atoms with Gasteiger partial charge in [-0.25, -0.2) is 9.59 Å². The summed E-state index contributed by atoms with van der Waals surface area (Å²) in [5.41, 5.74) is 0.944. The van der Waals surface area contributed by atoms with E-state index < -0.39 is 18.0 Å². The number of urea groups is 1. The smallest absolute Gasteiger partial charge is 0.333 e. The van der Waals surface area contributed by atoms with Crippen molar-refractivity contribution in [3.63, 3.8) is 0 Å². The Morgan fingerprint density at radius 3 is 2.39 bits per heavy atom. The van der Waals surface area contributed by atoms with Crippen LogP contribution in [0.2, 0.25) is 10.0 Å². The highest BCUT2D eigenvalue weighted by Gasteiger charge is 2.23. The average molecular weight is 353 g/mol. The Bertz CT molecular complexity index is 708. The SMILES string of the molecule is COC(=O)C(NC(=O)Nc1cccc(Cl)c1Cl)c1ccccc1. The van der Waals surface area contributed by atoms with E-state index in [-0.39, 0.29) is 5.02 Å². The molecule has 120 valence electrons. The molecular formula is C16H14Cl2N2O3. The van der Waals surface area contributed by atoms with Crippen LogP contribution in [-0.2, 0) is 9.53 Å². The molecule has 0 aliphatic rings. The van der Waals surface area contributed by atoms with Crippen molar-refractivity contribution in [3.8, 4) is 0 Å². The Morgan fingerprint density at radius 1 is 1.04 bits per heavy atom. The summed E-state index contributed by atoms with van der Waals surface area (Å²) in [4.78, 5) is 24.1. The summed E-state index contributed by atoms with van der Waals surface area (Å²) in [6, 6.07) is 12.1. The number of esters is 1. The van der Waals surface area contributed by atoms with Gasteiger partial charge in [0.15, 0.2) is 6.04 Å². The highest BCUT2D eigenvalue weighted by molar-refractivity contribution is 6.43. The second kappa shape index (κ2) is 7.85. The van der Waals surface area contributed by atoms with E-state index in [0.29, 0.717) is 16.3 Å². The van der Waals surface area contributed by atoms with Gasteiger partial charge < -0.3 is 15.4 Å². The molecule has 5 nitrogen and oxygen atoms in total. The number of carbonyl (C=O) groups is 2. The number of ether oxygens (including phenoxy) is 1. The summed E-state index contributed by atoms with van der Waals surface area (Å²) in [5.74, 6) is -0.580. The van der Waals surface area contributed by atoms with Crippen LogP contribution in [0.3, 0.4) is 0 Å². The zero-order valence-electron chi connectivity index (χ0n) is 12.2. The van der Waals surface area contributed by atoms with Crippen LogP contribution in [0.25, 0.3) is 0 Å². The van der Waals surface area contributed by atoms with E-state index in [1.807, 2.05) is 6.07 Å². The third kappa shape index (κ3) is 4.37. The van der Waals surface area contributed by atoms with Gasteiger partial charge in [-0.1, -0.05) is 59.6 Å². The number of carbonyl (C=O) groups excluding carboxylic acids is 2. The number of nitrogens with one attached hydrogen (secondary N) is 2. The van der Waals surface area contributed by atoms with E-state index in [0.717, 1.165) is 0 Å². The summed E-state index contributed by atoms with van der Waals surface area (Å²) in [5, 5.41) is 5.65. The zero-order valence-corrected chi connectivity index (χ0v) is 13.7. The molecule has 0 bridgehead atoms. The molecule has 0 spiro atoms. The summed E-state index contributed by atoms with van der Waals surface area (Å²) in [6.07, 6.45) is 0. The lowest BCUT2D eigenvalue weighted by atomic mass is 10.1. The number of benzene rings is 2. The van der Waals surface area contributed by atoms with E-state index in [4.69, 9.17) is 27.9 Å². The molecule has 0 aliphatic carbocycles. The van der Waals surface area contributed by atoms with Crippen LogP contribution in [0.1, 0.15) is 11.6 Å². The minimum Gasteiger partial charge on any atom is -0.467 e. The van der Waals surface area contributed by atoms with E-state index in [2.05, 4.69) is 10.6 Å². The number of methoxy groups -OCH3 is 1. The molecular weight excluding hydrogens is 339 g/mol. The number of anilines is 1. The Balaban J connectivity index is 2.15. The van der Waals surface area contributed by atoms with Gasteiger partial charge in [-0.15, -0.1) is 0 Å². The van der Waals surface area contributed by atoms with Gasteiger partial charge in [0, 0.05) is 0 Å². The molecule has 1 unspecified atom stereocenters. The summed E-state index contributed by atoms with van der Waals surface area (Å²) in [7, 11) is 1.26. The fraction of sp³-hybridized carbons (Fsp3) is 0.125. The molecule has 0 fully saturated rings. The third-order valence-electron chi connectivity index (χ3n) is 3.05. The summed E-state index contributed by atoms with van der Waals surface area (Å²) >= 11 is 11.9. The second-order valence-corrected chi connectivity index (χ2v) is 5.35. The molecule has 0 heterocycles. The van der Waals surface area contributed by atoms with Crippen LogP contribution in [0, 0.1) is 0 Å². The molecule has 2 aromatic rings. The Labute approximate surface area is 143 Å². The fourth-order valence-corrected chi connectivity index (χ4v) is 2.28. The highest BCUT2D eigenvalue weighted by atomic mass is 35.5. The number of hydrogen-bond donors (Lipinski definition) is 2. The van der Waals surface area contributed by atoms with Crippen LogP contribution in [-0.4, -0.2) is 19.1 Å². The van der Waals surface area contributed by atoms with E-state index in [1.165, 1.54) is 7.11 Å². The minimum atomic E-state index is -0.931. The molecule has 7 heteroatoms. The molecule has 0 saturated carbocycles. The molecule has 1 atom stereocenters. The predicted octanol–water partition coefficient (Wildman–Crippen LogP) is 4.03. The minimum absolute atomic E-state index is 0.221. The molecule has 0 saturated heterocycles. The van der Waals surface area contributed by atoms with Crippen molar-refractivity contribution in [2.45, 2.75) is 6.04 Å². The second-order valence-electron chi connectivity index (χ2n) is 4.57. The fourth-order valence-electron chi connectivity index (χ4n) is 1.93. The summed E-state index contributed by atoms with van der Waals surface area (Å²) < 4.78 is 4.73. The predicted molar refractivity (Wildman–Crippen MR) is 89.8 cm³/mol. The maximum atomic E-state index is 12.1. The first-order valence-corrected chi connectivity index (χ1v) is 7.43. The standard InChI is InChI=1S/C16H14Cl2N2O3/c1-23-15(21)14(10-6-3-2-4-7-10)20-16(22)19-12-9-5-8-11(17)13(12)18/h2-9,14H,1H3,(H2,19,20,22). The monoisotopic (exact) mass is 352 g/mol. The van der Waals surface area contributed by atoms with E-state index in [1.54, 1.807) is 42.5 Å². The number of halogens is 2. The lowest BCUT2D eigenvalue weighted by Gasteiger charge is -2.17. The van der Waals surface area contributed by atoms with Gasteiger partial charge in [0.25, 0.3) is 0 Å². The normalized spacial score (nSPS) is 11.4. The first-order chi connectivity index (χ1) is 11.0. The van der Waals surface area contributed by atoms with Gasteiger partial charge in [0.05, 0.1) is 22.8 Å². The maximum Gasteiger partial charge on any atom is 0.333 e. The van der Waals surface area contributed by atoms with E-state index in [9.17, 15) is 9.59 Å². The van der Waals surface area contributed by atoms with Crippen molar-refractivity contribution in [3.05, 3.63) is 64.1 Å². The van der Waals surface area contributed by atoms with Crippen molar-refractivity contribution in [2.24, 2.45) is 0 Å². The van der Waals surface area contributed by atoms with Gasteiger partial charge in [0.2, 0.25) is 0 Å². The lowest BCUT2D eigenvalue weighted by Crippen LogP contribution is -2.37. The molecule has 0 aliphatic heterocycles. The van der Waals surface area contributed by atoms with Crippen molar-refractivity contribution < 1.29 is 14.3 Å². The van der Waals surface area contributed by atoms with Gasteiger partial charge >= 0.3 is 12.0 Å². The van der Waals surface area contributed by atoms with Crippen LogP contribution in [0.15, 0.2) is 48.5 Å². The van der Waals surface area contributed by atoms with E-state index >= 15 is 0 Å². The first kappa shape index (κ1) is 17.1. The van der Waals surface area contributed by atoms with Gasteiger partial charge in [-0.2, -0.15) is 0 Å². The topological polar surface area (TPSA) is 67.4 Å². The Hall–Kier alpha value is -2.24. The van der Waals surface area contributed by atoms with Crippen molar-refractivity contribution >= 4 is 40.9 Å². The molecule has 2 N–H and O–H groups in total. The third-order valence-corrected chi connectivity index (χ3v) is 3.86. The largest absolute Gasteiger partial charge is 0.467 e. The number of amides is 2. The molecule has 2 aromatic carbocycles. The first-order valence-electron chi connectivity index (χ1n) is 6.67. The van der Waals surface area contributed by atoms with Crippen LogP contribution in [0.5, 0.6) is 0 Å². The van der Waals surface area contributed by atoms with Crippen molar-refractivity contribution in [2.75, 3.05) is 12.4 Å². The van der Waals surface area contributed by atoms with Gasteiger partial charge in [0.1, 0.15) is 0 Å². The Kier molecular flexibility index (Phi) is 5.84. The summed E-state index contributed by atoms with van der Waals surface area (Å²) in [6.45, 7) is 0.